The minimum absolute atomic E-state index is 0.276. The Balaban J connectivity index is 2.41. The third-order valence-electron chi connectivity index (χ3n) is 2.10. The maximum atomic E-state index is 13.5. The van der Waals surface area contributed by atoms with Gasteiger partial charge in [0.25, 0.3) is 0 Å². The molecule has 0 saturated heterocycles. The second-order valence-corrected chi connectivity index (χ2v) is 5.81. The van der Waals surface area contributed by atoms with E-state index in [-0.39, 0.29) is 10.4 Å². The molecule has 0 radical (unpaired) electrons. The zero-order chi connectivity index (χ0) is 11.7. The van der Waals surface area contributed by atoms with Gasteiger partial charge in [0.15, 0.2) is 11.6 Å². The number of alkyl halides is 1. The zero-order valence-electron chi connectivity index (χ0n) is 7.88. The first-order valence-corrected chi connectivity index (χ1v) is 6.54. The molecule has 1 unspecified atom stereocenters. The fraction of sp³-hybridized carbons (Fsp3) is 0.0909. The van der Waals surface area contributed by atoms with E-state index in [0.717, 1.165) is 10.9 Å². The van der Waals surface area contributed by atoms with E-state index < -0.39 is 11.6 Å². The fourth-order valence-corrected chi connectivity index (χ4v) is 3.18. The molecule has 84 valence electrons. The molecule has 0 N–H and O–H groups in total. The van der Waals surface area contributed by atoms with E-state index >= 15 is 0 Å². The highest BCUT2D eigenvalue weighted by molar-refractivity contribution is 9.09. The Bertz CT molecular complexity index is 512. The predicted molar refractivity (Wildman–Crippen MR) is 66.5 cm³/mol. The molecule has 0 saturated carbocycles. The highest BCUT2D eigenvalue weighted by atomic mass is 79.9. The summed E-state index contributed by atoms with van der Waals surface area (Å²) in [4.78, 5) is 0.468. The molecule has 2 rings (SSSR count). The second kappa shape index (κ2) is 4.82. The maximum Gasteiger partial charge on any atom is 0.163 e. The molecule has 1 heterocycles. The van der Waals surface area contributed by atoms with Gasteiger partial charge >= 0.3 is 0 Å². The summed E-state index contributed by atoms with van der Waals surface area (Å²) in [5.41, 5.74) is 0.276. The van der Waals surface area contributed by atoms with Crippen LogP contribution in [0.2, 0.25) is 4.34 Å². The molecule has 2 aromatic rings. The van der Waals surface area contributed by atoms with Crippen molar-refractivity contribution in [3.8, 4) is 0 Å². The smallest absolute Gasteiger partial charge is 0.163 e. The van der Waals surface area contributed by atoms with Crippen LogP contribution in [0.3, 0.4) is 0 Å². The summed E-state index contributed by atoms with van der Waals surface area (Å²) in [5.74, 6) is -1.67. The van der Waals surface area contributed by atoms with Crippen LogP contribution in [0.25, 0.3) is 0 Å². The second-order valence-electron chi connectivity index (χ2n) is 3.15. The molecular formula is C11H6BrClF2S. The molecule has 0 spiro atoms. The van der Waals surface area contributed by atoms with Crippen molar-refractivity contribution in [2.24, 2.45) is 0 Å². The van der Waals surface area contributed by atoms with Crippen LogP contribution < -0.4 is 0 Å². The minimum atomic E-state index is -0.843. The Labute approximate surface area is 109 Å². The van der Waals surface area contributed by atoms with Gasteiger partial charge in [-0.25, -0.2) is 8.78 Å². The average molecular weight is 324 g/mol. The van der Waals surface area contributed by atoms with Crippen LogP contribution in [0, 0.1) is 11.6 Å². The van der Waals surface area contributed by atoms with E-state index in [1.165, 1.54) is 17.4 Å². The Hall–Kier alpha value is -0.450. The van der Waals surface area contributed by atoms with Gasteiger partial charge in [-0.2, -0.15) is 0 Å². The molecule has 1 aromatic heterocycles. The largest absolute Gasteiger partial charge is 0.204 e. The van der Waals surface area contributed by atoms with Crippen molar-refractivity contribution in [3.05, 3.63) is 56.7 Å². The molecule has 0 nitrogen and oxygen atoms in total. The van der Waals surface area contributed by atoms with E-state index in [1.54, 1.807) is 18.2 Å². The topological polar surface area (TPSA) is 0 Å². The number of halogens is 4. The minimum Gasteiger partial charge on any atom is -0.204 e. The first-order valence-electron chi connectivity index (χ1n) is 4.43. The van der Waals surface area contributed by atoms with E-state index in [2.05, 4.69) is 15.9 Å². The van der Waals surface area contributed by atoms with Crippen LogP contribution in [0.4, 0.5) is 8.78 Å². The quantitative estimate of drug-likeness (QED) is 0.669. The van der Waals surface area contributed by atoms with Crippen molar-refractivity contribution in [3.63, 3.8) is 0 Å². The summed E-state index contributed by atoms with van der Waals surface area (Å²) >= 11 is 10.5. The van der Waals surface area contributed by atoms with E-state index in [1.807, 2.05) is 0 Å². The predicted octanol–water partition coefficient (Wildman–Crippen LogP) is 5.16. The van der Waals surface area contributed by atoms with Gasteiger partial charge in [-0.3, -0.25) is 0 Å². The SMILES string of the molecule is Fc1cccc(C(Br)c2ccc(Cl)s2)c1F. The lowest BCUT2D eigenvalue weighted by molar-refractivity contribution is 0.501. The highest BCUT2D eigenvalue weighted by Gasteiger charge is 2.18. The third kappa shape index (κ3) is 2.29. The van der Waals surface area contributed by atoms with Gasteiger partial charge in [0, 0.05) is 10.4 Å². The first kappa shape index (κ1) is 12.0. The van der Waals surface area contributed by atoms with Gasteiger partial charge < -0.3 is 0 Å². The summed E-state index contributed by atoms with van der Waals surface area (Å²) in [5, 5.41) is 0. The number of benzene rings is 1. The Morgan fingerprint density at radius 3 is 2.56 bits per heavy atom. The molecule has 1 atom stereocenters. The van der Waals surface area contributed by atoms with E-state index in [0.29, 0.717) is 4.34 Å². The van der Waals surface area contributed by atoms with Crippen LogP contribution >= 0.6 is 38.9 Å². The molecule has 0 aliphatic rings. The summed E-state index contributed by atoms with van der Waals surface area (Å²) < 4.78 is 27.2. The van der Waals surface area contributed by atoms with Gasteiger partial charge in [-0.15, -0.1) is 11.3 Å². The fourth-order valence-electron chi connectivity index (χ4n) is 1.33. The Morgan fingerprint density at radius 1 is 1.19 bits per heavy atom. The van der Waals surface area contributed by atoms with E-state index in [4.69, 9.17) is 11.6 Å². The molecule has 0 aliphatic carbocycles. The van der Waals surface area contributed by atoms with Gasteiger partial charge in [0.2, 0.25) is 0 Å². The number of hydrogen-bond acceptors (Lipinski definition) is 1. The monoisotopic (exact) mass is 322 g/mol. The number of thiophene rings is 1. The van der Waals surface area contributed by atoms with Crippen LogP contribution in [0.5, 0.6) is 0 Å². The van der Waals surface area contributed by atoms with Crippen LogP contribution in [-0.2, 0) is 0 Å². The van der Waals surface area contributed by atoms with Crippen LogP contribution in [0.1, 0.15) is 15.3 Å². The number of hydrogen-bond donors (Lipinski definition) is 0. The lowest BCUT2D eigenvalue weighted by Crippen LogP contribution is -1.96. The van der Waals surface area contributed by atoms with Crippen molar-refractivity contribution in [2.75, 3.05) is 0 Å². The lowest BCUT2D eigenvalue weighted by Gasteiger charge is -2.09. The molecule has 16 heavy (non-hydrogen) atoms. The van der Waals surface area contributed by atoms with Crippen molar-refractivity contribution in [1.82, 2.24) is 0 Å². The van der Waals surface area contributed by atoms with Crippen molar-refractivity contribution in [1.29, 1.82) is 0 Å². The zero-order valence-corrected chi connectivity index (χ0v) is 11.0. The summed E-state index contributed by atoms with van der Waals surface area (Å²) in [6.45, 7) is 0. The van der Waals surface area contributed by atoms with Crippen molar-refractivity contribution < 1.29 is 8.78 Å². The molecule has 5 heteroatoms. The molecule has 0 aliphatic heterocycles. The average Bonchev–Trinajstić information content (AvgIpc) is 2.68. The molecule has 1 aromatic carbocycles. The van der Waals surface area contributed by atoms with Gasteiger partial charge in [0.05, 0.1) is 9.16 Å². The van der Waals surface area contributed by atoms with Crippen LogP contribution in [-0.4, -0.2) is 0 Å². The Kier molecular flexibility index (Phi) is 3.62. The van der Waals surface area contributed by atoms with Gasteiger partial charge in [0.1, 0.15) is 0 Å². The highest BCUT2D eigenvalue weighted by Crippen LogP contribution is 2.38. The molecule has 0 amide bonds. The Morgan fingerprint density at radius 2 is 1.94 bits per heavy atom. The third-order valence-corrected chi connectivity index (χ3v) is 4.68. The molecule has 0 fully saturated rings. The maximum absolute atomic E-state index is 13.5. The molecule has 0 bridgehead atoms. The van der Waals surface area contributed by atoms with Crippen LogP contribution in [0.15, 0.2) is 30.3 Å². The van der Waals surface area contributed by atoms with E-state index in [9.17, 15) is 8.78 Å². The van der Waals surface area contributed by atoms with Gasteiger partial charge in [-0.1, -0.05) is 39.7 Å². The van der Waals surface area contributed by atoms with Crippen molar-refractivity contribution in [2.45, 2.75) is 4.83 Å². The van der Waals surface area contributed by atoms with Gasteiger partial charge in [-0.05, 0) is 18.2 Å². The normalized spacial score (nSPS) is 12.8. The first-order chi connectivity index (χ1) is 7.59. The van der Waals surface area contributed by atoms with Crippen molar-refractivity contribution >= 4 is 38.9 Å². The standard InChI is InChI=1S/C11H6BrClF2S/c12-10(8-4-5-9(13)16-8)6-2-1-3-7(14)11(6)15/h1-5,10H. The summed E-state index contributed by atoms with van der Waals surface area (Å²) in [6, 6.07) is 7.65. The number of rotatable bonds is 2. The lowest BCUT2D eigenvalue weighted by atomic mass is 10.1. The molecular weight excluding hydrogens is 318 g/mol. The summed E-state index contributed by atoms with van der Waals surface area (Å²) in [7, 11) is 0. The summed E-state index contributed by atoms with van der Waals surface area (Å²) in [6.07, 6.45) is 0.